The predicted octanol–water partition coefficient (Wildman–Crippen LogP) is 4.91. The van der Waals surface area contributed by atoms with Gasteiger partial charge in [-0.2, -0.15) is 13.2 Å². The quantitative estimate of drug-likeness (QED) is 0.582. The Kier molecular flexibility index (Phi) is 5.68. The minimum atomic E-state index is -4.60. The molecule has 3 rings (SSSR count). The summed E-state index contributed by atoms with van der Waals surface area (Å²) in [5, 5.41) is 8.50. The zero-order chi connectivity index (χ0) is 20.3. The summed E-state index contributed by atoms with van der Waals surface area (Å²) in [6.07, 6.45) is -4.60. The molecule has 0 fully saturated rings. The number of rotatable bonds is 6. The van der Waals surface area contributed by atoms with Crippen LogP contribution in [-0.4, -0.2) is 24.4 Å². The second-order valence-electron chi connectivity index (χ2n) is 5.65. The van der Waals surface area contributed by atoms with Crippen LogP contribution >= 0.6 is 11.3 Å². The van der Waals surface area contributed by atoms with E-state index in [1.54, 1.807) is 24.3 Å². The molecule has 148 valence electrons. The summed E-state index contributed by atoms with van der Waals surface area (Å²) in [4.78, 5) is 0. The minimum Gasteiger partial charge on any atom is -0.497 e. The van der Waals surface area contributed by atoms with Crippen LogP contribution in [0, 0.1) is 5.82 Å². The van der Waals surface area contributed by atoms with Gasteiger partial charge in [-0.1, -0.05) is 23.5 Å². The van der Waals surface area contributed by atoms with Gasteiger partial charge in [0.25, 0.3) is 0 Å². The molecule has 0 radical (unpaired) electrons. The molecule has 0 aliphatic carbocycles. The lowest BCUT2D eigenvalue weighted by atomic mass is 9.97. The Balaban J connectivity index is 2.07. The van der Waals surface area contributed by atoms with Crippen molar-refractivity contribution >= 4 is 16.5 Å². The Morgan fingerprint density at radius 1 is 1.04 bits per heavy atom. The van der Waals surface area contributed by atoms with Crippen LogP contribution in [0.3, 0.4) is 0 Å². The third-order valence-electron chi connectivity index (χ3n) is 3.87. The molecule has 1 heterocycles. The summed E-state index contributed by atoms with van der Waals surface area (Å²) in [6, 6.07) is 10.0. The van der Waals surface area contributed by atoms with Crippen molar-refractivity contribution in [2.45, 2.75) is 12.2 Å². The molecule has 1 unspecified atom stereocenters. The van der Waals surface area contributed by atoms with Crippen LogP contribution in [0.25, 0.3) is 0 Å². The summed E-state index contributed by atoms with van der Waals surface area (Å²) in [5.41, 5.74) is 1.01. The molecule has 28 heavy (non-hydrogen) atoms. The summed E-state index contributed by atoms with van der Waals surface area (Å²) in [6.45, 7) is 0. The first-order valence-corrected chi connectivity index (χ1v) is 8.78. The van der Waals surface area contributed by atoms with E-state index in [-0.39, 0.29) is 5.13 Å². The highest BCUT2D eigenvalue weighted by atomic mass is 32.1. The number of nitrogens with zero attached hydrogens (tertiary/aromatic N) is 2. The lowest BCUT2D eigenvalue weighted by Crippen LogP contribution is -2.14. The topological polar surface area (TPSA) is 56.3 Å². The smallest absolute Gasteiger partial charge is 0.445 e. The second-order valence-corrected chi connectivity index (χ2v) is 6.63. The Labute approximate surface area is 161 Å². The lowest BCUT2D eigenvalue weighted by molar-refractivity contribution is -0.138. The fourth-order valence-corrected chi connectivity index (χ4v) is 3.25. The van der Waals surface area contributed by atoms with E-state index < -0.39 is 23.0 Å². The molecule has 0 aliphatic rings. The SMILES string of the molecule is COc1cccc(C(Nc2nnc(C(F)(F)F)s2)c2cc(F)ccc2OC)c1. The molecule has 0 aliphatic heterocycles. The van der Waals surface area contributed by atoms with Crippen molar-refractivity contribution in [3.8, 4) is 11.5 Å². The Hall–Kier alpha value is -2.88. The molecule has 5 nitrogen and oxygen atoms in total. The summed E-state index contributed by atoms with van der Waals surface area (Å²) in [5.74, 6) is 0.383. The van der Waals surface area contributed by atoms with Gasteiger partial charge in [-0.25, -0.2) is 4.39 Å². The van der Waals surface area contributed by atoms with E-state index in [9.17, 15) is 17.6 Å². The molecule has 0 saturated carbocycles. The largest absolute Gasteiger partial charge is 0.497 e. The van der Waals surface area contributed by atoms with E-state index in [4.69, 9.17) is 9.47 Å². The molecule has 3 aromatic rings. The standard InChI is InChI=1S/C18H15F4N3O2S/c1-26-12-5-3-4-10(8-12)15(13-9-11(19)6-7-14(13)27-2)23-17-25-24-16(28-17)18(20,21)22/h3-9,15H,1-2H3,(H,23,25). The molecule has 0 saturated heterocycles. The van der Waals surface area contributed by atoms with E-state index >= 15 is 0 Å². The summed E-state index contributed by atoms with van der Waals surface area (Å²) < 4.78 is 63.0. The van der Waals surface area contributed by atoms with Gasteiger partial charge in [-0.05, 0) is 35.9 Å². The fourth-order valence-electron chi connectivity index (χ4n) is 2.61. The number of halogens is 4. The molecule has 1 aromatic heterocycles. The number of nitrogens with one attached hydrogen (secondary N) is 1. The van der Waals surface area contributed by atoms with Crippen LogP contribution in [0.15, 0.2) is 42.5 Å². The van der Waals surface area contributed by atoms with E-state index in [1.165, 1.54) is 32.4 Å². The highest BCUT2D eigenvalue weighted by Gasteiger charge is 2.36. The Bertz CT molecular complexity index is 962. The van der Waals surface area contributed by atoms with Gasteiger partial charge in [-0.15, -0.1) is 10.2 Å². The van der Waals surface area contributed by atoms with Gasteiger partial charge in [0.05, 0.1) is 20.3 Å². The van der Waals surface area contributed by atoms with Gasteiger partial charge in [0.2, 0.25) is 10.1 Å². The Morgan fingerprint density at radius 2 is 1.82 bits per heavy atom. The molecule has 10 heteroatoms. The third kappa shape index (κ3) is 4.33. The Morgan fingerprint density at radius 3 is 2.46 bits per heavy atom. The van der Waals surface area contributed by atoms with E-state index in [2.05, 4.69) is 15.5 Å². The zero-order valence-electron chi connectivity index (χ0n) is 14.7. The van der Waals surface area contributed by atoms with Crippen LogP contribution < -0.4 is 14.8 Å². The maximum Gasteiger partial charge on any atom is 0.445 e. The number of ether oxygens (including phenoxy) is 2. The molecule has 1 atom stereocenters. The van der Waals surface area contributed by atoms with Gasteiger partial charge in [0.1, 0.15) is 17.3 Å². The number of anilines is 1. The molecule has 0 spiro atoms. The number of benzene rings is 2. The first-order chi connectivity index (χ1) is 13.3. The normalized spacial score (nSPS) is 12.5. The number of methoxy groups -OCH3 is 2. The monoisotopic (exact) mass is 413 g/mol. The summed E-state index contributed by atoms with van der Waals surface area (Å²) >= 11 is 0.361. The molecular formula is C18H15F4N3O2S. The van der Waals surface area contributed by atoms with Crippen LogP contribution in [0.1, 0.15) is 22.2 Å². The van der Waals surface area contributed by atoms with E-state index in [1.807, 2.05) is 0 Å². The van der Waals surface area contributed by atoms with Crippen LogP contribution in [-0.2, 0) is 6.18 Å². The van der Waals surface area contributed by atoms with Crippen molar-refractivity contribution < 1.29 is 27.0 Å². The molecule has 0 amide bonds. The molecule has 2 aromatic carbocycles. The minimum absolute atomic E-state index is 0.0635. The number of alkyl halides is 3. The van der Waals surface area contributed by atoms with Crippen LogP contribution in [0.2, 0.25) is 0 Å². The van der Waals surface area contributed by atoms with Gasteiger partial charge < -0.3 is 14.8 Å². The second kappa shape index (κ2) is 8.01. The molecular weight excluding hydrogens is 398 g/mol. The highest BCUT2D eigenvalue weighted by molar-refractivity contribution is 7.15. The summed E-state index contributed by atoms with van der Waals surface area (Å²) in [7, 11) is 2.91. The predicted molar refractivity (Wildman–Crippen MR) is 96.3 cm³/mol. The van der Waals surface area contributed by atoms with E-state index in [0.717, 1.165) is 0 Å². The van der Waals surface area contributed by atoms with Crippen LogP contribution in [0.4, 0.5) is 22.7 Å². The fraction of sp³-hybridized carbons (Fsp3) is 0.222. The number of hydrogen-bond donors (Lipinski definition) is 1. The maximum atomic E-state index is 13.9. The average molecular weight is 413 g/mol. The molecule has 1 N–H and O–H groups in total. The van der Waals surface area contributed by atoms with Gasteiger partial charge in [0.15, 0.2) is 0 Å². The maximum absolute atomic E-state index is 13.9. The lowest BCUT2D eigenvalue weighted by Gasteiger charge is -2.22. The van der Waals surface area contributed by atoms with Crippen molar-refractivity contribution in [2.75, 3.05) is 19.5 Å². The first kappa shape index (κ1) is 19.9. The first-order valence-electron chi connectivity index (χ1n) is 7.96. The van der Waals surface area contributed by atoms with Gasteiger partial charge in [0, 0.05) is 5.56 Å². The molecule has 0 bridgehead atoms. The third-order valence-corrected chi connectivity index (χ3v) is 4.76. The number of hydrogen-bond acceptors (Lipinski definition) is 6. The highest BCUT2D eigenvalue weighted by Crippen LogP contribution is 2.38. The zero-order valence-corrected chi connectivity index (χ0v) is 15.6. The van der Waals surface area contributed by atoms with Crippen molar-refractivity contribution in [3.63, 3.8) is 0 Å². The van der Waals surface area contributed by atoms with Gasteiger partial charge in [-0.3, -0.25) is 0 Å². The number of aromatic nitrogens is 2. The van der Waals surface area contributed by atoms with Crippen molar-refractivity contribution in [3.05, 3.63) is 64.4 Å². The van der Waals surface area contributed by atoms with Crippen molar-refractivity contribution in [2.24, 2.45) is 0 Å². The van der Waals surface area contributed by atoms with E-state index in [0.29, 0.717) is 34.0 Å². The average Bonchev–Trinajstić information content (AvgIpc) is 3.15. The van der Waals surface area contributed by atoms with Crippen molar-refractivity contribution in [1.82, 2.24) is 10.2 Å². The van der Waals surface area contributed by atoms with Gasteiger partial charge >= 0.3 is 6.18 Å². The van der Waals surface area contributed by atoms with Crippen LogP contribution in [0.5, 0.6) is 11.5 Å². The van der Waals surface area contributed by atoms with Crippen molar-refractivity contribution in [1.29, 1.82) is 0 Å².